The van der Waals surface area contributed by atoms with Gasteiger partial charge in [-0.3, -0.25) is 0 Å². The van der Waals surface area contributed by atoms with Crippen molar-refractivity contribution in [3.63, 3.8) is 0 Å². The molecule has 0 bridgehead atoms. The van der Waals surface area contributed by atoms with Crippen LogP contribution in [0, 0.1) is 5.92 Å². The van der Waals surface area contributed by atoms with Gasteiger partial charge in [-0.05, 0) is 37.0 Å². The molecule has 96 valence electrons. The quantitative estimate of drug-likeness (QED) is 0.844. The van der Waals surface area contributed by atoms with Gasteiger partial charge in [-0.15, -0.1) is 0 Å². The molecule has 2 atom stereocenters. The Kier molecular flexibility index (Phi) is 5.01. The summed E-state index contributed by atoms with van der Waals surface area (Å²) in [6.07, 6.45) is 0.984. The van der Waals surface area contributed by atoms with Crippen LogP contribution < -0.4 is 10.6 Å². The van der Waals surface area contributed by atoms with Crippen LogP contribution in [0.3, 0.4) is 0 Å². The maximum atomic E-state index is 6.01. The molecule has 1 rings (SSSR count). The van der Waals surface area contributed by atoms with Crippen molar-refractivity contribution < 1.29 is 0 Å². The monoisotopic (exact) mass is 234 g/mol. The topological polar surface area (TPSA) is 29.3 Å². The smallest absolute Gasteiger partial charge is 0.0366 e. The third-order valence-electron chi connectivity index (χ3n) is 3.74. The maximum absolute atomic E-state index is 6.01. The number of hydrogen-bond acceptors (Lipinski definition) is 2. The molecular formula is C15H26N2. The van der Waals surface area contributed by atoms with Gasteiger partial charge >= 0.3 is 0 Å². The summed E-state index contributed by atoms with van der Waals surface area (Å²) in [5.41, 5.74) is 8.50. The fraction of sp³-hybridized carbons (Fsp3) is 0.600. The van der Waals surface area contributed by atoms with E-state index >= 15 is 0 Å². The van der Waals surface area contributed by atoms with Crippen LogP contribution in [0.15, 0.2) is 24.3 Å². The second-order valence-corrected chi connectivity index (χ2v) is 5.20. The Morgan fingerprint density at radius 2 is 1.65 bits per heavy atom. The van der Waals surface area contributed by atoms with Crippen LogP contribution in [-0.4, -0.2) is 13.1 Å². The van der Waals surface area contributed by atoms with Crippen LogP contribution in [-0.2, 0) is 0 Å². The Morgan fingerprint density at radius 3 is 2.06 bits per heavy atom. The molecule has 0 saturated carbocycles. The van der Waals surface area contributed by atoms with Crippen LogP contribution in [0.4, 0.5) is 5.69 Å². The molecule has 17 heavy (non-hydrogen) atoms. The molecule has 0 aliphatic heterocycles. The van der Waals surface area contributed by atoms with Gasteiger partial charge in [-0.2, -0.15) is 0 Å². The fourth-order valence-corrected chi connectivity index (χ4v) is 1.87. The predicted molar refractivity (Wildman–Crippen MR) is 76.4 cm³/mol. The Bertz CT molecular complexity index is 329. The molecule has 0 amide bonds. The average Bonchev–Trinajstić information content (AvgIpc) is 2.36. The lowest BCUT2D eigenvalue weighted by Crippen LogP contribution is -2.33. The third kappa shape index (κ3) is 3.47. The lowest BCUT2D eigenvalue weighted by Gasteiger charge is -2.30. The first-order valence-electron chi connectivity index (χ1n) is 6.55. The summed E-state index contributed by atoms with van der Waals surface area (Å²) in [4.78, 5) is 2.33. The van der Waals surface area contributed by atoms with E-state index in [-0.39, 0.29) is 6.04 Å². The summed E-state index contributed by atoms with van der Waals surface area (Å²) in [5, 5.41) is 0. The first kappa shape index (κ1) is 14.0. The second kappa shape index (κ2) is 6.06. The summed E-state index contributed by atoms with van der Waals surface area (Å²) in [7, 11) is 2.15. The lowest BCUT2D eigenvalue weighted by atomic mass is 10.0. The molecule has 0 aliphatic rings. The third-order valence-corrected chi connectivity index (χ3v) is 3.74. The molecule has 0 heterocycles. The van der Waals surface area contributed by atoms with E-state index in [2.05, 4.69) is 63.9 Å². The highest BCUT2D eigenvalue weighted by atomic mass is 15.1. The summed E-state index contributed by atoms with van der Waals surface area (Å²) >= 11 is 0. The second-order valence-electron chi connectivity index (χ2n) is 5.20. The van der Waals surface area contributed by atoms with Gasteiger partial charge in [0.05, 0.1) is 0 Å². The first-order chi connectivity index (χ1) is 7.97. The number of nitrogens with two attached hydrogens (primary N) is 1. The molecule has 0 saturated heterocycles. The summed E-state index contributed by atoms with van der Waals surface area (Å²) in [6, 6.07) is 9.34. The van der Waals surface area contributed by atoms with E-state index in [1.54, 1.807) is 0 Å². The van der Waals surface area contributed by atoms with Gasteiger partial charge in [0.25, 0.3) is 0 Å². The number of rotatable bonds is 5. The Hall–Kier alpha value is -1.02. The van der Waals surface area contributed by atoms with Crippen LogP contribution in [0.1, 0.15) is 45.7 Å². The molecule has 1 unspecified atom stereocenters. The minimum absolute atomic E-state index is 0.164. The molecule has 1 aromatic carbocycles. The van der Waals surface area contributed by atoms with Crippen molar-refractivity contribution in [1.82, 2.24) is 0 Å². The van der Waals surface area contributed by atoms with E-state index in [0.29, 0.717) is 12.0 Å². The van der Waals surface area contributed by atoms with Gasteiger partial charge in [0.15, 0.2) is 0 Å². The highest BCUT2D eigenvalue weighted by Gasteiger charge is 2.13. The van der Waals surface area contributed by atoms with Crippen LogP contribution in [0.5, 0.6) is 0 Å². The summed E-state index contributed by atoms with van der Waals surface area (Å²) in [6.45, 7) is 8.88. The van der Waals surface area contributed by atoms with E-state index in [4.69, 9.17) is 5.73 Å². The molecule has 0 spiro atoms. The van der Waals surface area contributed by atoms with Gasteiger partial charge in [0.2, 0.25) is 0 Å². The zero-order chi connectivity index (χ0) is 13.0. The molecule has 0 aromatic heterocycles. The standard InChI is InChI=1S/C15H26N2/c1-6-15(16)13-7-9-14(10-8-13)17(5)12(4)11(2)3/h7-12,15H,6,16H2,1-5H3/t12?,15-/m0/s1. The van der Waals surface area contributed by atoms with Crippen LogP contribution in [0.25, 0.3) is 0 Å². The van der Waals surface area contributed by atoms with E-state index in [1.807, 2.05) is 0 Å². The van der Waals surface area contributed by atoms with Gasteiger partial charge in [-0.25, -0.2) is 0 Å². The zero-order valence-electron chi connectivity index (χ0n) is 11.8. The normalized spacial score (nSPS) is 14.8. The van der Waals surface area contributed by atoms with E-state index in [0.717, 1.165) is 6.42 Å². The Labute approximate surface area is 106 Å². The molecule has 2 heteroatoms. The minimum atomic E-state index is 0.164. The van der Waals surface area contributed by atoms with E-state index < -0.39 is 0 Å². The van der Waals surface area contributed by atoms with Crippen molar-refractivity contribution in [2.24, 2.45) is 11.7 Å². The number of hydrogen-bond donors (Lipinski definition) is 1. The average molecular weight is 234 g/mol. The number of benzene rings is 1. The van der Waals surface area contributed by atoms with E-state index in [1.165, 1.54) is 11.3 Å². The molecule has 0 radical (unpaired) electrons. The van der Waals surface area contributed by atoms with Crippen molar-refractivity contribution in [3.05, 3.63) is 29.8 Å². The zero-order valence-corrected chi connectivity index (χ0v) is 11.8. The van der Waals surface area contributed by atoms with Crippen LogP contribution in [0.2, 0.25) is 0 Å². The highest BCUT2D eigenvalue weighted by molar-refractivity contribution is 5.48. The van der Waals surface area contributed by atoms with Gasteiger partial charge in [-0.1, -0.05) is 32.9 Å². The van der Waals surface area contributed by atoms with Gasteiger partial charge in [0, 0.05) is 24.8 Å². The Balaban J connectivity index is 2.80. The lowest BCUT2D eigenvalue weighted by molar-refractivity contribution is 0.505. The van der Waals surface area contributed by atoms with Crippen LogP contribution >= 0.6 is 0 Å². The van der Waals surface area contributed by atoms with Crippen molar-refractivity contribution in [1.29, 1.82) is 0 Å². The molecule has 2 N–H and O–H groups in total. The summed E-state index contributed by atoms with van der Waals surface area (Å²) in [5.74, 6) is 0.651. The van der Waals surface area contributed by atoms with Crippen molar-refractivity contribution in [3.8, 4) is 0 Å². The van der Waals surface area contributed by atoms with Gasteiger partial charge < -0.3 is 10.6 Å². The van der Waals surface area contributed by atoms with Gasteiger partial charge in [0.1, 0.15) is 0 Å². The van der Waals surface area contributed by atoms with Crippen molar-refractivity contribution in [2.75, 3.05) is 11.9 Å². The van der Waals surface area contributed by atoms with E-state index in [9.17, 15) is 0 Å². The number of nitrogens with zero attached hydrogens (tertiary/aromatic N) is 1. The Morgan fingerprint density at radius 1 is 1.12 bits per heavy atom. The maximum Gasteiger partial charge on any atom is 0.0366 e. The SMILES string of the molecule is CC[C@H](N)c1ccc(N(C)C(C)C(C)C)cc1. The minimum Gasteiger partial charge on any atom is -0.372 e. The molecule has 1 aromatic rings. The molecular weight excluding hydrogens is 208 g/mol. The highest BCUT2D eigenvalue weighted by Crippen LogP contribution is 2.22. The molecule has 2 nitrogen and oxygen atoms in total. The van der Waals surface area contributed by atoms with Crippen molar-refractivity contribution in [2.45, 2.75) is 46.2 Å². The van der Waals surface area contributed by atoms with Crippen molar-refractivity contribution >= 4 is 5.69 Å². The molecule has 0 fully saturated rings. The fourth-order valence-electron chi connectivity index (χ4n) is 1.87. The number of anilines is 1. The predicted octanol–water partition coefficient (Wildman–Crippen LogP) is 3.58. The first-order valence-corrected chi connectivity index (χ1v) is 6.55. The molecule has 0 aliphatic carbocycles. The summed E-state index contributed by atoms with van der Waals surface area (Å²) < 4.78 is 0. The largest absolute Gasteiger partial charge is 0.372 e.